The fourth-order valence-electron chi connectivity index (χ4n) is 3.26. The second-order valence-corrected chi connectivity index (χ2v) is 6.98. The third-order valence-electron chi connectivity index (χ3n) is 4.71. The summed E-state index contributed by atoms with van der Waals surface area (Å²) in [5.41, 5.74) is 18.6. The Kier molecular flexibility index (Phi) is 5.43. The van der Waals surface area contributed by atoms with Crippen molar-refractivity contribution in [1.82, 2.24) is 0 Å². The molecule has 0 aliphatic heterocycles. The molecule has 3 rings (SSSR count). The van der Waals surface area contributed by atoms with Crippen molar-refractivity contribution in [3.63, 3.8) is 0 Å². The molecule has 0 unspecified atom stereocenters. The standard InChI is InChI=1S/C24H26N2/c1-17(13-19-5-3-7-23(25)15-19)21-9-11-22(12-10-21)18(2)14-20-6-4-8-24(26)16-20/h3-12,15-16H,13-14,25-26H2,1-2H3. The van der Waals surface area contributed by atoms with E-state index in [2.05, 4.69) is 50.2 Å². The lowest BCUT2D eigenvalue weighted by molar-refractivity contribution is 1.23. The van der Waals surface area contributed by atoms with Crippen LogP contribution in [-0.2, 0) is 12.8 Å². The Labute approximate surface area is 155 Å². The van der Waals surface area contributed by atoms with Gasteiger partial charge in [-0.2, -0.15) is 0 Å². The van der Waals surface area contributed by atoms with Crippen LogP contribution in [0.4, 0.5) is 11.4 Å². The summed E-state index contributed by atoms with van der Waals surface area (Å²) in [7, 11) is 0. The van der Waals surface area contributed by atoms with Crippen molar-refractivity contribution in [3.05, 3.63) is 94.4 Å². The monoisotopic (exact) mass is 342 g/mol. The molecule has 0 heterocycles. The number of hydrogen-bond acceptors (Lipinski definition) is 2. The quantitative estimate of drug-likeness (QED) is 0.711. The second kappa shape index (κ2) is 7.92. The number of nitrogen functional groups attached to an aromatic ring is 2. The van der Waals surface area contributed by atoms with Gasteiger partial charge in [0.15, 0.2) is 0 Å². The Hall–Kier alpha value is -3.00. The Morgan fingerprint density at radius 3 is 1.35 bits per heavy atom. The highest BCUT2D eigenvalue weighted by Gasteiger charge is 1.99. The van der Waals surface area contributed by atoms with Crippen molar-refractivity contribution in [2.45, 2.75) is 26.7 Å². The molecule has 0 aromatic heterocycles. The van der Waals surface area contributed by atoms with Crippen molar-refractivity contribution in [2.75, 3.05) is 11.5 Å². The van der Waals surface area contributed by atoms with E-state index in [9.17, 15) is 0 Å². The fraction of sp³-hybridized carbons (Fsp3) is 0.167. The van der Waals surface area contributed by atoms with E-state index < -0.39 is 0 Å². The molecule has 2 nitrogen and oxygen atoms in total. The van der Waals surface area contributed by atoms with Gasteiger partial charge in [0, 0.05) is 11.4 Å². The number of anilines is 2. The fourth-order valence-corrected chi connectivity index (χ4v) is 3.26. The maximum absolute atomic E-state index is 5.88. The minimum Gasteiger partial charge on any atom is -0.399 e. The van der Waals surface area contributed by atoms with E-state index in [4.69, 9.17) is 11.5 Å². The van der Waals surface area contributed by atoms with Crippen LogP contribution in [0.3, 0.4) is 0 Å². The van der Waals surface area contributed by atoms with Crippen molar-refractivity contribution < 1.29 is 0 Å². The predicted octanol–water partition coefficient (Wildman–Crippen LogP) is 3.68. The summed E-state index contributed by atoms with van der Waals surface area (Å²) in [5, 5.41) is 2.54. The van der Waals surface area contributed by atoms with Crippen LogP contribution in [0.25, 0.3) is 11.1 Å². The van der Waals surface area contributed by atoms with Crippen molar-refractivity contribution in [3.8, 4) is 0 Å². The van der Waals surface area contributed by atoms with Crippen LogP contribution in [0.1, 0.15) is 25.0 Å². The molecule has 0 radical (unpaired) electrons. The molecule has 0 aliphatic rings. The maximum Gasteiger partial charge on any atom is 0.0316 e. The van der Waals surface area contributed by atoms with Gasteiger partial charge in [-0.25, -0.2) is 0 Å². The van der Waals surface area contributed by atoms with E-state index in [1.165, 1.54) is 32.7 Å². The molecule has 0 saturated carbocycles. The smallest absolute Gasteiger partial charge is 0.0316 e. The highest BCUT2D eigenvalue weighted by atomic mass is 14.5. The molecule has 0 atom stereocenters. The lowest BCUT2D eigenvalue weighted by atomic mass is 10.0. The van der Waals surface area contributed by atoms with E-state index in [0.717, 1.165) is 24.2 Å². The van der Waals surface area contributed by atoms with E-state index in [1.54, 1.807) is 0 Å². The van der Waals surface area contributed by atoms with Crippen LogP contribution in [0.15, 0.2) is 72.8 Å². The molecule has 26 heavy (non-hydrogen) atoms. The third-order valence-corrected chi connectivity index (χ3v) is 4.71. The number of rotatable bonds is 4. The van der Waals surface area contributed by atoms with Crippen LogP contribution < -0.4 is 21.9 Å². The predicted molar refractivity (Wildman–Crippen MR) is 113 cm³/mol. The summed E-state index contributed by atoms with van der Waals surface area (Å²) >= 11 is 0. The largest absolute Gasteiger partial charge is 0.399 e. The maximum atomic E-state index is 5.88. The molecule has 2 heteroatoms. The van der Waals surface area contributed by atoms with Gasteiger partial charge in [-0.1, -0.05) is 59.7 Å². The Morgan fingerprint density at radius 1 is 0.615 bits per heavy atom. The normalized spacial score (nSPS) is 10.5. The lowest BCUT2D eigenvalue weighted by Crippen LogP contribution is -2.13. The van der Waals surface area contributed by atoms with Crippen molar-refractivity contribution in [2.24, 2.45) is 0 Å². The molecule has 3 aromatic rings. The molecule has 0 amide bonds. The number of nitrogens with two attached hydrogens (primary N) is 2. The molecular formula is C24H26N2. The van der Waals surface area contributed by atoms with Gasteiger partial charge in [0.2, 0.25) is 0 Å². The topological polar surface area (TPSA) is 52.0 Å². The molecule has 4 N–H and O–H groups in total. The third kappa shape index (κ3) is 4.54. The summed E-state index contributed by atoms with van der Waals surface area (Å²) in [6.07, 6.45) is 1.83. The van der Waals surface area contributed by atoms with E-state index in [1.807, 2.05) is 36.4 Å². The zero-order chi connectivity index (χ0) is 18.5. The zero-order valence-electron chi connectivity index (χ0n) is 15.5. The number of benzene rings is 3. The molecule has 132 valence electrons. The lowest BCUT2D eigenvalue weighted by Gasteiger charge is -2.05. The highest BCUT2D eigenvalue weighted by Crippen LogP contribution is 2.12. The Balaban J connectivity index is 1.84. The molecule has 0 fully saturated rings. The van der Waals surface area contributed by atoms with E-state index in [0.29, 0.717) is 0 Å². The average Bonchev–Trinajstić information content (AvgIpc) is 2.62. The molecule has 0 spiro atoms. The van der Waals surface area contributed by atoms with Crippen molar-refractivity contribution in [1.29, 1.82) is 0 Å². The van der Waals surface area contributed by atoms with Crippen LogP contribution in [0.5, 0.6) is 0 Å². The summed E-state index contributed by atoms with van der Waals surface area (Å²) in [5.74, 6) is 0. The number of hydrogen-bond donors (Lipinski definition) is 2. The van der Waals surface area contributed by atoms with Crippen LogP contribution in [-0.4, -0.2) is 0 Å². The van der Waals surface area contributed by atoms with Crippen molar-refractivity contribution >= 4 is 22.5 Å². The van der Waals surface area contributed by atoms with E-state index in [-0.39, 0.29) is 0 Å². The molecular weight excluding hydrogens is 316 g/mol. The Bertz CT molecular complexity index is 924. The van der Waals surface area contributed by atoms with Gasteiger partial charge in [-0.05, 0) is 72.5 Å². The first-order valence-electron chi connectivity index (χ1n) is 8.96. The van der Waals surface area contributed by atoms with Gasteiger partial charge in [0.05, 0.1) is 0 Å². The second-order valence-electron chi connectivity index (χ2n) is 6.98. The molecule has 0 bridgehead atoms. The van der Waals surface area contributed by atoms with Crippen LogP contribution >= 0.6 is 0 Å². The first kappa shape index (κ1) is 17.8. The first-order chi connectivity index (χ1) is 12.5. The van der Waals surface area contributed by atoms with Crippen LogP contribution in [0, 0.1) is 0 Å². The molecule has 0 saturated heterocycles. The first-order valence-corrected chi connectivity index (χ1v) is 8.96. The molecule has 0 aliphatic carbocycles. The van der Waals surface area contributed by atoms with Gasteiger partial charge in [-0.15, -0.1) is 0 Å². The van der Waals surface area contributed by atoms with Crippen LogP contribution in [0.2, 0.25) is 0 Å². The summed E-state index contributed by atoms with van der Waals surface area (Å²) in [6.45, 7) is 4.36. The Morgan fingerprint density at radius 2 is 1.00 bits per heavy atom. The van der Waals surface area contributed by atoms with Gasteiger partial charge in [0.25, 0.3) is 0 Å². The minimum atomic E-state index is 0.817. The zero-order valence-corrected chi connectivity index (χ0v) is 15.5. The molecule has 3 aromatic carbocycles. The van der Waals surface area contributed by atoms with E-state index >= 15 is 0 Å². The highest BCUT2D eigenvalue weighted by molar-refractivity contribution is 5.52. The SMILES string of the molecule is CC(Cc1cccc(N)c1)=c1ccc(=C(C)Cc2cccc(N)c2)cc1. The summed E-state index contributed by atoms with van der Waals surface area (Å²) in [4.78, 5) is 0. The summed E-state index contributed by atoms with van der Waals surface area (Å²) in [6, 6.07) is 25.0. The van der Waals surface area contributed by atoms with Gasteiger partial charge in [-0.3, -0.25) is 0 Å². The van der Waals surface area contributed by atoms with Gasteiger partial charge in [0.1, 0.15) is 0 Å². The van der Waals surface area contributed by atoms with Gasteiger partial charge >= 0.3 is 0 Å². The van der Waals surface area contributed by atoms with Gasteiger partial charge < -0.3 is 11.5 Å². The average molecular weight is 342 g/mol. The minimum absolute atomic E-state index is 0.817. The summed E-state index contributed by atoms with van der Waals surface area (Å²) < 4.78 is 0.